The summed E-state index contributed by atoms with van der Waals surface area (Å²) in [6.07, 6.45) is 4.22. The third-order valence-electron chi connectivity index (χ3n) is 4.18. The van der Waals surface area contributed by atoms with E-state index in [2.05, 4.69) is 20.9 Å². The second kappa shape index (κ2) is 6.95. The monoisotopic (exact) mass is 351 g/mol. The Morgan fingerprint density at radius 2 is 2.04 bits per heavy atom. The standard InChI is InChI=1S/C17H19Cl2N3O/c1-21-6-2-4-15(21)16-5-3-7-22(16)11-17(23)20-14-9-12(18)8-13(19)10-14/h2,4,6,8-10,16H,3,5,7,11H2,1H3,(H,20,23)/t16-/m0/s1. The molecule has 1 N–H and O–H groups in total. The Morgan fingerprint density at radius 3 is 2.70 bits per heavy atom. The normalized spacial score (nSPS) is 18.3. The van der Waals surface area contributed by atoms with E-state index in [1.165, 1.54) is 5.69 Å². The number of carbonyl (C=O) groups excluding carboxylic acids is 1. The van der Waals surface area contributed by atoms with E-state index in [0.717, 1.165) is 19.4 Å². The lowest BCUT2D eigenvalue weighted by molar-refractivity contribution is -0.117. The zero-order chi connectivity index (χ0) is 16.4. The van der Waals surface area contributed by atoms with Gasteiger partial charge in [0.05, 0.1) is 12.6 Å². The summed E-state index contributed by atoms with van der Waals surface area (Å²) in [4.78, 5) is 14.6. The third-order valence-corrected chi connectivity index (χ3v) is 4.62. The molecule has 1 aromatic carbocycles. The predicted molar refractivity (Wildman–Crippen MR) is 94.1 cm³/mol. The zero-order valence-corrected chi connectivity index (χ0v) is 14.4. The van der Waals surface area contributed by atoms with Gasteiger partial charge >= 0.3 is 0 Å². The van der Waals surface area contributed by atoms with Gasteiger partial charge in [0.15, 0.2) is 0 Å². The van der Waals surface area contributed by atoms with E-state index in [-0.39, 0.29) is 5.91 Å². The number of nitrogens with zero attached hydrogens (tertiary/aromatic N) is 2. The molecular formula is C17H19Cl2N3O. The van der Waals surface area contributed by atoms with Gasteiger partial charge in [0.25, 0.3) is 0 Å². The molecule has 0 spiro atoms. The maximum atomic E-state index is 12.3. The first-order valence-electron chi connectivity index (χ1n) is 7.64. The molecule has 0 saturated carbocycles. The van der Waals surface area contributed by atoms with Crippen LogP contribution in [-0.4, -0.2) is 28.5 Å². The van der Waals surface area contributed by atoms with Crippen LogP contribution < -0.4 is 5.32 Å². The summed E-state index contributed by atoms with van der Waals surface area (Å²) in [6.45, 7) is 1.29. The van der Waals surface area contributed by atoms with Gasteiger partial charge in [-0.1, -0.05) is 23.2 Å². The molecule has 1 fully saturated rings. The van der Waals surface area contributed by atoms with Crippen LogP contribution in [0.3, 0.4) is 0 Å². The van der Waals surface area contributed by atoms with Crippen LogP contribution in [0.5, 0.6) is 0 Å². The van der Waals surface area contributed by atoms with E-state index in [0.29, 0.717) is 28.3 Å². The molecule has 23 heavy (non-hydrogen) atoms. The number of likely N-dealkylation sites (tertiary alicyclic amines) is 1. The van der Waals surface area contributed by atoms with Crippen molar-refractivity contribution in [3.05, 3.63) is 52.3 Å². The van der Waals surface area contributed by atoms with Crippen LogP contribution in [0.25, 0.3) is 0 Å². The Hall–Kier alpha value is -1.49. The molecule has 122 valence electrons. The summed E-state index contributed by atoms with van der Waals surface area (Å²) in [5, 5.41) is 3.89. The largest absolute Gasteiger partial charge is 0.353 e. The smallest absolute Gasteiger partial charge is 0.238 e. The molecule has 0 radical (unpaired) electrons. The van der Waals surface area contributed by atoms with Crippen molar-refractivity contribution in [2.45, 2.75) is 18.9 Å². The number of hydrogen-bond acceptors (Lipinski definition) is 2. The van der Waals surface area contributed by atoms with Crippen LogP contribution in [0.15, 0.2) is 36.5 Å². The third kappa shape index (κ3) is 3.89. The van der Waals surface area contributed by atoms with Gasteiger partial charge in [-0.3, -0.25) is 9.69 Å². The van der Waals surface area contributed by atoms with Crippen LogP contribution in [-0.2, 0) is 11.8 Å². The van der Waals surface area contributed by atoms with E-state index in [1.807, 2.05) is 19.3 Å². The van der Waals surface area contributed by atoms with Gasteiger partial charge in [0.2, 0.25) is 5.91 Å². The van der Waals surface area contributed by atoms with Crippen molar-refractivity contribution in [2.75, 3.05) is 18.4 Å². The fraction of sp³-hybridized carbons (Fsp3) is 0.353. The van der Waals surface area contributed by atoms with Crippen molar-refractivity contribution in [3.8, 4) is 0 Å². The zero-order valence-electron chi connectivity index (χ0n) is 12.9. The van der Waals surface area contributed by atoms with Crippen LogP contribution >= 0.6 is 23.2 Å². The van der Waals surface area contributed by atoms with Crippen molar-refractivity contribution in [2.24, 2.45) is 7.05 Å². The molecule has 0 aliphatic carbocycles. The lowest BCUT2D eigenvalue weighted by Gasteiger charge is -2.24. The minimum absolute atomic E-state index is 0.0514. The number of carbonyl (C=O) groups is 1. The number of benzene rings is 1. The average molecular weight is 352 g/mol. The van der Waals surface area contributed by atoms with Gasteiger partial charge in [0, 0.05) is 34.7 Å². The Kier molecular flexibility index (Phi) is 4.95. The molecule has 0 unspecified atom stereocenters. The minimum Gasteiger partial charge on any atom is -0.353 e. The molecule has 3 rings (SSSR count). The summed E-state index contributed by atoms with van der Waals surface area (Å²) in [5.41, 5.74) is 1.88. The molecule has 0 bridgehead atoms. The van der Waals surface area contributed by atoms with E-state index < -0.39 is 0 Å². The number of aryl methyl sites for hydroxylation is 1. The Labute approximate surface area is 146 Å². The van der Waals surface area contributed by atoms with Gasteiger partial charge < -0.3 is 9.88 Å². The van der Waals surface area contributed by atoms with E-state index in [1.54, 1.807) is 18.2 Å². The number of aromatic nitrogens is 1. The highest BCUT2D eigenvalue weighted by Gasteiger charge is 2.28. The molecule has 2 heterocycles. The highest BCUT2D eigenvalue weighted by molar-refractivity contribution is 6.35. The quantitative estimate of drug-likeness (QED) is 0.899. The average Bonchev–Trinajstić information content (AvgIpc) is 3.06. The predicted octanol–water partition coefficient (Wildman–Crippen LogP) is 4.11. The first kappa shape index (κ1) is 16.4. The second-order valence-corrected chi connectivity index (χ2v) is 6.75. The number of anilines is 1. The molecule has 4 nitrogen and oxygen atoms in total. The van der Waals surface area contributed by atoms with Crippen LogP contribution in [0, 0.1) is 0 Å². The van der Waals surface area contributed by atoms with E-state index in [9.17, 15) is 4.79 Å². The fourth-order valence-corrected chi connectivity index (χ4v) is 3.71. The molecule has 1 amide bonds. The molecule has 1 aliphatic heterocycles. The van der Waals surface area contributed by atoms with Gasteiger partial charge in [-0.25, -0.2) is 0 Å². The summed E-state index contributed by atoms with van der Waals surface area (Å²) in [5.74, 6) is -0.0514. The van der Waals surface area contributed by atoms with Crippen LogP contribution in [0.4, 0.5) is 5.69 Å². The van der Waals surface area contributed by atoms with Gasteiger partial charge in [-0.05, 0) is 49.7 Å². The van der Waals surface area contributed by atoms with E-state index >= 15 is 0 Å². The first-order chi connectivity index (χ1) is 11.0. The van der Waals surface area contributed by atoms with E-state index in [4.69, 9.17) is 23.2 Å². The number of rotatable bonds is 4. The maximum Gasteiger partial charge on any atom is 0.238 e. The summed E-state index contributed by atoms with van der Waals surface area (Å²) < 4.78 is 2.12. The lowest BCUT2D eigenvalue weighted by Crippen LogP contribution is -2.33. The first-order valence-corrected chi connectivity index (χ1v) is 8.40. The molecule has 1 atom stereocenters. The molecule has 2 aromatic rings. The highest BCUT2D eigenvalue weighted by Crippen LogP contribution is 2.31. The fourth-order valence-electron chi connectivity index (χ4n) is 3.18. The minimum atomic E-state index is -0.0514. The van der Waals surface area contributed by atoms with Crippen molar-refractivity contribution >= 4 is 34.8 Å². The lowest BCUT2D eigenvalue weighted by atomic mass is 10.1. The number of halogens is 2. The van der Waals surface area contributed by atoms with Gasteiger partial charge in [-0.15, -0.1) is 0 Å². The SMILES string of the molecule is Cn1cccc1[C@@H]1CCCN1CC(=O)Nc1cc(Cl)cc(Cl)c1. The van der Waals surface area contributed by atoms with Crippen molar-refractivity contribution in [1.82, 2.24) is 9.47 Å². The molecular weight excluding hydrogens is 333 g/mol. The summed E-state index contributed by atoms with van der Waals surface area (Å²) in [6, 6.07) is 9.50. The summed E-state index contributed by atoms with van der Waals surface area (Å²) in [7, 11) is 2.04. The van der Waals surface area contributed by atoms with Crippen molar-refractivity contribution < 1.29 is 4.79 Å². The number of amides is 1. The Morgan fingerprint density at radius 1 is 1.30 bits per heavy atom. The summed E-state index contributed by atoms with van der Waals surface area (Å²) >= 11 is 11.9. The second-order valence-electron chi connectivity index (χ2n) is 5.88. The molecule has 1 aliphatic rings. The molecule has 1 aromatic heterocycles. The van der Waals surface area contributed by atoms with Crippen LogP contribution in [0.1, 0.15) is 24.6 Å². The van der Waals surface area contributed by atoms with Gasteiger partial charge in [0.1, 0.15) is 0 Å². The highest BCUT2D eigenvalue weighted by atomic mass is 35.5. The maximum absolute atomic E-state index is 12.3. The van der Waals surface area contributed by atoms with Crippen LogP contribution in [0.2, 0.25) is 10.0 Å². The number of hydrogen-bond donors (Lipinski definition) is 1. The van der Waals surface area contributed by atoms with Crippen molar-refractivity contribution in [1.29, 1.82) is 0 Å². The van der Waals surface area contributed by atoms with Gasteiger partial charge in [-0.2, -0.15) is 0 Å². The Balaban J connectivity index is 1.66. The number of nitrogens with one attached hydrogen (secondary N) is 1. The topological polar surface area (TPSA) is 37.3 Å². The molecule has 6 heteroatoms. The Bertz CT molecular complexity index is 693. The van der Waals surface area contributed by atoms with Crippen molar-refractivity contribution in [3.63, 3.8) is 0 Å². The molecule has 1 saturated heterocycles.